The van der Waals surface area contributed by atoms with Crippen LogP contribution in [0.15, 0.2) is 0 Å². The minimum atomic E-state index is -0.677. The van der Waals surface area contributed by atoms with Crippen molar-refractivity contribution in [3.05, 3.63) is 0 Å². The summed E-state index contributed by atoms with van der Waals surface area (Å²) in [5.74, 6) is -0.0115. The number of nitrogens with one attached hydrogen (secondary N) is 1. The molecule has 0 radical (unpaired) electrons. The van der Waals surface area contributed by atoms with E-state index in [9.17, 15) is 9.90 Å². The first kappa shape index (κ1) is 10.6. The molecule has 0 saturated heterocycles. The molecule has 0 bridgehead atoms. The van der Waals surface area contributed by atoms with E-state index in [2.05, 4.69) is 5.32 Å². The molecule has 0 heterocycles. The molecule has 0 aliphatic rings. The molecule has 4 N–H and O–H groups in total. The monoisotopic (exact) mass is 160 g/mol. The molecular weight excluding hydrogens is 144 g/mol. The number of Topliss-reactive ketones (excluding diaryl/α,β-unsaturated/α-hetero) is 1. The summed E-state index contributed by atoms with van der Waals surface area (Å²) >= 11 is 0. The average molecular weight is 160 g/mol. The molecule has 0 amide bonds. The van der Waals surface area contributed by atoms with Crippen LogP contribution in [-0.4, -0.2) is 30.2 Å². The van der Waals surface area contributed by atoms with Gasteiger partial charge in [-0.25, -0.2) is 0 Å². The normalized spacial score (nSPS) is 16.0. The molecule has 0 rings (SSSR count). The number of aliphatic hydroxyl groups excluding tert-OH is 1. The molecule has 0 aromatic carbocycles. The van der Waals surface area contributed by atoms with Crippen molar-refractivity contribution >= 4 is 5.78 Å². The number of nitrogens with two attached hydrogens (primary N) is 1. The summed E-state index contributed by atoms with van der Waals surface area (Å²) in [6.07, 6.45) is -0.677. The number of hydrogen-bond acceptors (Lipinski definition) is 4. The van der Waals surface area contributed by atoms with Gasteiger partial charge in [0.2, 0.25) is 0 Å². The smallest absolute Gasteiger partial charge is 0.143 e. The lowest BCUT2D eigenvalue weighted by Crippen LogP contribution is -2.40. The molecule has 11 heavy (non-hydrogen) atoms. The van der Waals surface area contributed by atoms with Gasteiger partial charge in [-0.15, -0.1) is 0 Å². The number of rotatable bonds is 5. The van der Waals surface area contributed by atoms with Crippen molar-refractivity contribution in [3.63, 3.8) is 0 Å². The van der Waals surface area contributed by atoms with Crippen molar-refractivity contribution in [1.82, 2.24) is 5.32 Å². The Morgan fingerprint density at radius 3 is 2.64 bits per heavy atom. The van der Waals surface area contributed by atoms with Crippen LogP contribution in [0.3, 0.4) is 0 Å². The summed E-state index contributed by atoms with van der Waals surface area (Å²) in [5, 5.41) is 11.9. The molecule has 1 unspecified atom stereocenters. The fraction of sp³-hybridized carbons (Fsp3) is 0.857. The fourth-order valence-electron chi connectivity index (χ4n) is 0.578. The third-order valence-corrected chi connectivity index (χ3v) is 1.47. The Morgan fingerprint density at radius 1 is 1.73 bits per heavy atom. The van der Waals surface area contributed by atoms with Gasteiger partial charge < -0.3 is 10.8 Å². The van der Waals surface area contributed by atoms with E-state index in [0.717, 1.165) is 0 Å². The van der Waals surface area contributed by atoms with Gasteiger partial charge in [-0.3, -0.25) is 10.1 Å². The highest BCUT2D eigenvalue weighted by Crippen LogP contribution is 1.95. The summed E-state index contributed by atoms with van der Waals surface area (Å²) in [4.78, 5) is 10.5. The highest BCUT2D eigenvalue weighted by atomic mass is 16.3. The molecule has 4 heteroatoms. The van der Waals surface area contributed by atoms with Crippen LogP contribution >= 0.6 is 0 Å². The molecule has 0 aliphatic heterocycles. The van der Waals surface area contributed by atoms with Gasteiger partial charge >= 0.3 is 0 Å². The van der Waals surface area contributed by atoms with E-state index < -0.39 is 6.23 Å². The second-order valence-corrected chi connectivity index (χ2v) is 2.74. The Kier molecular flexibility index (Phi) is 5.02. The van der Waals surface area contributed by atoms with Gasteiger partial charge in [0.05, 0.1) is 6.54 Å². The molecule has 0 aliphatic carbocycles. The van der Waals surface area contributed by atoms with Crippen molar-refractivity contribution in [2.45, 2.75) is 20.1 Å². The lowest BCUT2D eigenvalue weighted by atomic mass is 10.1. The lowest BCUT2D eigenvalue weighted by molar-refractivity contribution is -0.117. The molecule has 0 fully saturated rings. The average Bonchev–Trinajstić information content (AvgIpc) is 1.98. The summed E-state index contributed by atoms with van der Waals surface area (Å²) < 4.78 is 0. The number of hydrogen-bond donors (Lipinski definition) is 3. The quantitative estimate of drug-likeness (QED) is 0.455. The van der Waals surface area contributed by atoms with Gasteiger partial charge in [-0.05, 0) is 13.5 Å². The van der Waals surface area contributed by atoms with E-state index in [-0.39, 0.29) is 18.2 Å². The van der Waals surface area contributed by atoms with Gasteiger partial charge in [0.15, 0.2) is 0 Å². The molecule has 2 atom stereocenters. The van der Waals surface area contributed by atoms with Crippen LogP contribution in [0.2, 0.25) is 0 Å². The van der Waals surface area contributed by atoms with Gasteiger partial charge in [-0.1, -0.05) is 6.92 Å². The maximum atomic E-state index is 10.5. The van der Waals surface area contributed by atoms with Crippen molar-refractivity contribution in [2.75, 3.05) is 13.1 Å². The third-order valence-electron chi connectivity index (χ3n) is 1.47. The molecule has 66 valence electrons. The summed E-state index contributed by atoms with van der Waals surface area (Å²) in [7, 11) is 0. The molecule has 4 nitrogen and oxygen atoms in total. The summed E-state index contributed by atoms with van der Waals surface area (Å²) in [5.41, 5.74) is 5.29. The maximum Gasteiger partial charge on any atom is 0.143 e. The van der Waals surface area contributed by atoms with E-state index in [4.69, 9.17) is 5.73 Å². The number of carbonyl (C=O) groups excluding carboxylic acids is 1. The zero-order valence-corrected chi connectivity index (χ0v) is 7.00. The van der Waals surface area contributed by atoms with Gasteiger partial charge in [0.25, 0.3) is 0 Å². The van der Waals surface area contributed by atoms with Crippen molar-refractivity contribution in [3.8, 4) is 0 Å². The van der Waals surface area contributed by atoms with Crippen molar-refractivity contribution < 1.29 is 9.90 Å². The Morgan fingerprint density at radius 2 is 2.27 bits per heavy atom. The first-order valence-electron chi connectivity index (χ1n) is 3.69. The van der Waals surface area contributed by atoms with E-state index in [1.54, 1.807) is 0 Å². The SMILES string of the molecule is CC(=O)CNC(O)[C@H](C)CN. The summed E-state index contributed by atoms with van der Waals surface area (Å²) in [6, 6.07) is 0. The van der Waals surface area contributed by atoms with Crippen LogP contribution in [0, 0.1) is 5.92 Å². The van der Waals surface area contributed by atoms with E-state index in [1.165, 1.54) is 6.92 Å². The second-order valence-electron chi connectivity index (χ2n) is 2.74. The Labute approximate surface area is 66.8 Å². The van der Waals surface area contributed by atoms with Gasteiger partial charge in [0.1, 0.15) is 12.0 Å². The largest absolute Gasteiger partial charge is 0.378 e. The zero-order valence-electron chi connectivity index (χ0n) is 7.00. The predicted molar refractivity (Wildman–Crippen MR) is 42.9 cm³/mol. The van der Waals surface area contributed by atoms with Crippen LogP contribution in [0.1, 0.15) is 13.8 Å². The highest BCUT2D eigenvalue weighted by Gasteiger charge is 2.11. The van der Waals surface area contributed by atoms with Crippen LogP contribution in [0.25, 0.3) is 0 Å². The summed E-state index contributed by atoms with van der Waals surface area (Å²) in [6.45, 7) is 3.89. The first-order chi connectivity index (χ1) is 5.07. The molecule has 0 spiro atoms. The highest BCUT2D eigenvalue weighted by molar-refractivity contribution is 5.77. The number of ketones is 1. The van der Waals surface area contributed by atoms with Crippen LogP contribution < -0.4 is 11.1 Å². The van der Waals surface area contributed by atoms with Crippen molar-refractivity contribution in [1.29, 1.82) is 0 Å². The molecule has 0 aromatic heterocycles. The van der Waals surface area contributed by atoms with Crippen LogP contribution in [0.4, 0.5) is 0 Å². The lowest BCUT2D eigenvalue weighted by Gasteiger charge is -2.17. The van der Waals surface area contributed by atoms with E-state index >= 15 is 0 Å². The minimum absolute atomic E-state index is 0.00766. The van der Waals surface area contributed by atoms with E-state index in [1.807, 2.05) is 6.92 Å². The van der Waals surface area contributed by atoms with E-state index in [0.29, 0.717) is 6.54 Å². The Bertz CT molecular complexity index is 128. The van der Waals surface area contributed by atoms with Gasteiger partial charge in [-0.2, -0.15) is 0 Å². The van der Waals surface area contributed by atoms with Crippen molar-refractivity contribution in [2.24, 2.45) is 11.7 Å². The predicted octanol–water partition coefficient (Wildman–Crippen LogP) is -0.922. The standard InChI is InChI=1S/C7H16N2O2/c1-5(3-8)7(11)9-4-6(2)10/h5,7,9,11H,3-4,8H2,1-2H3/t5-,7?/m1/s1. The fourth-order valence-corrected chi connectivity index (χ4v) is 0.578. The number of aliphatic hydroxyl groups is 1. The number of carbonyl (C=O) groups is 1. The third kappa shape index (κ3) is 4.89. The topological polar surface area (TPSA) is 75.3 Å². The molecule has 0 saturated carbocycles. The molecular formula is C7H16N2O2. The Hall–Kier alpha value is -0.450. The Balaban J connectivity index is 3.51. The first-order valence-corrected chi connectivity index (χ1v) is 3.69. The minimum Gasteiger partial charge on any atom is -0.378 e. The zero-order chi connectivity index (χ0) is 8.85. The van der Waals surface area contributed by atoms with Gasteiger partial charge in [0, 0.05) is 5.92 Å². The van der Waals surface area contributed by atoms with Crippen LogP contribution in [0.5, 0.6) is 0 Å². The second kappa shape index (κ2) is 5.23. The van der Waals surface area contributed by atoms with Crippen LogP contribution in [-0.2, 0) is 4.79 Å². The molecule has 0 aromatic rings. The maximum absolute atomic E-state index is 10.5.